The SMILES string of the molecule is COc1cc(C#N)ccc1OCC(=O)Nc1nnc(SCc2ccccc2)s1. The number of amides is 1. The van der Waals surface area contributed by atoms with Crippen LogP contribution in [-0.2, 0) is 10.5 Å². The molecule has 1 N–H and O–H groups in total. The summed E-state index contributed by atoms with van der Waals surface area (Å²) in [6, 6.07) is 16.8. The molecular weight excluding hydrogens is 396 g/mol. The maximum absolute atomic E-state index is 12.1. The average molecular weight is 412 g/mol. The fourth-order valence-corrected chi connectivity index (χ4v) is 3.92. The van der Waals surface area contributed by atoms with E-state index in [1.54, 1.807) is 30.0 Å². The summed E-state index contributed by atoms with van der Waals surface area (Å²) >= 11 is 2.87. The van der Waals surface area contributed by atoms with Crippen LogP contribution in [0.1, 0.15) is 11.1 Å². The summed E-state index contributed by atoms with van der Waals surface area (Å²) in [5, 5.41) is 20.0. The van der Waals surface area contributed by atoms with Crippen molar-refractivity contribution in [3.63, 3.8) is 0 Å². The Labute approximate surface area is 170 Å². The third kappa shape index (κ3) is 5.45. The number of benzene rings is 2. The Hall–Kier alpha value is -3.09. The van der Waals surface area contributed by atoms with Gasteiger partial charge in [-0.3, -0.25) is 10.1 Å². The van der Waals surface area contributed by atoms with Crippen LogP contribution in [0, 0.1) is 11.3 Å². The summed E-state index contributed by atoms with van der Waals surface area (Å²) in [6.07, 6.45) is 0. The molecule has 9 heteroatoms. The number of nitrogens with one attached hydrogen (secondary N) is 1. The molecule has 7 nitrogen and oxygen atoms in total. The smallest absolute Gasteiger partial charge is 0.264 e. The zero-order valence-electron chi connectivity index (χ0n) is 14.9. The Kier molecular flexibility index (Phi) is 6.84. The van der Waals surface area contributed by atoms with Gasteiger partial charge in [-0.25, -0.2) is 0 Å². The van der Waals surface area contributed by atoms with Crippen molar-refractivity contribution in [3.8, 4) is 17.6 Å². The Bertz CT molecular complexity index is 986. The monoisotopic (exact) mass is 412 g/mol. The van der Waals surface area contributed by atoms with Gasteiger partial charge in [-0.05, 0) is 17.7 Å². The van der Waals surface area contributed by atoms with Crippen LogP contribution >= 0.6 is 23.1 Å². The number of aromatic nitrogens is 2. The van der Waals surface area contributed by atoms with E-state index in [1.165, 1.54) is 24.0 Å². The van der Waals surface area contributed by atoms with Crippen LogP contribution in [0.25, 0.3) is 0 Å². The van der Waals surface area contributed by atoms with Crippen LogP contribution in [0.5, 0.6) is 11.5 Å². The number of thioether (sulfide) groups is 1. The van der Waals surface area contributed by atoms with E-state index in [-0.39, 0.29) is 12.5 Å². The molecule has 0 bridgehead atoms. The average Bonchev–Trinajstić information content (AvgIpc) is 3.18. The van der Waals surface area contributed by atoms with Crippen molar-refractivity contribution in [3.05, 3.63) is 59.7 Å². The van der Waals surface area contributed by atoms with E-state index < -0.39 is 0 Å². The number of ether oxygens (including phenoxy) is 2. The van der Waals surface area contributed by atoms with E-state index in [0.717, 1.165) is 10.1 Å². The first-order chi connectivity index (χ1) is 13.7. The van der Waals surface area contributed by atoms with E-state index in [2.05, 4.69) is 15.5 Å². The molecule has 0 saturated carbocycles. The number of hydrogen-bond donors (Lipinski definition) is 1. The molecule has 28 heavy (non-hydrogen) atoms. The lowest BCUT2D eigenvalue weighted by Crippen LogP contribution is -2.20. The molecule has 1 aromatic heterocycles. The van der Waals surface area contributed by atoms with Crippen LogP contribution in [0.2, 0.25) is 0 Å². The molecule has 0 spiro atoms. The highest BCUT2D eigenvalue weighted by atomic mass is 32.2. The van der Waals surface area contributed by atoms with Gasteiger partial charge in [-0.1, -0.05) is 53.4 Å². The zero-order chi connectivity index (χ0) is 19.8. The minimum atomic E-state index is -0.359. The molecule has 1 heterocycles. The molecule has 0 saturated heterocycles. The zero-order valence-corrected chi connectivity index (χ0v) is 16.5. The van der Waals surface area contributed by atoms with Crippen LogP contribution in [-0.4, -0.2) is 29.8 Å². The van der Waals surface area contributed by atoms with Crippen LogP contribution in [0.3, 0.4) is 0 Å². The van der Waals surface area contributed by atoms with Gasteiger partial charge in [0.15, 0.2) is 22.4 Å². The van der Waals surface area contributed by atoms with Gasteiger partial charge >= 0.3 is 0 Å². The molecule has 3 rings (SSSR count). The molecule has 0 atom stereocenters. The first kappa shape index (κ1) is 19.7. The van der Waals surface area contributed by atoms with Gasteiger partial charge in [0.25, 0.3) is 5.91 Å². The Morgan fingerprint density at radius 1 is 1.21 bits per heavy atom. The number of nitriles is 1. The molecular formula is C19H16N4O3S2. The summed E-state index contributed by atoms with van der Waals surface area (Å²) in [6.45, 7) is -0.214. The van der Waals surface area contributed by atoms with E-state index >= 15 is 0 Å². The number of carbonyl (C=O) groups excluding carboxylic acids is 1. The number of methoxy groups -OCH3 is 1. The minimum absolute atomic E-state index is 0.214. The first-order valence-electron chi connectivity index (χ1n) is 8.19. The lowest BCUT2D eigenvalue weighted by atomic mass is 10.2. The summed E-state index contributed by atoms with van der Waals surface area (Å²) in [5.74, 6) is 1.20. The van der Waals surface area contributed by atoms with Crippen molar-refractivity contribution in [1.29, 1.82) is 5.26 Å². The molecule has 0 unspecified atom stereocenters. The van der Waals surface area contributed by atoms with Gasteiger partial charge in [0.2, 0.25) is 5.13 Å². The Balaban J connectivity index is 1.50. The standard InChI is InChI=1S/C19H16N4O3S2/c1-25-16-9-14(10-20)7-8-15(16)26-11-17(24)21-18-22-23-19(28-18)27-12-13-5-3-2-4-6-13/h2-9H,11-12H2,1H3,(H,21,22,24). The largest absolute Gasteiger partial charge is 0.493 e. The molecule has 0 radical (unpaired) electrons. The van der Waals surface area contributed by atoms with E-state index in [1.807, 2.05) is 36.4 Å². The molecule has 142 valence electrons. The van der Waals surface area contributed by atoms with Crippen molar-refractivity contribution in [1.82, 2.24) is 10.2 Å². The highest BCUT2D eigenvalue weighted by Crippen LogP contribution is 2.29. The predicted octanol–water partition coefficient (Wildman–Crippen LogP) is 3.73. The number of carbonyl (C=O) groups is 1. The highest BCUT2D eigenvalue weighted by molar-refractivity contribution is 8.00. The van der Waals surface area contributed by atoms with Gasteiger partial charge in [0, 0.05) is 11.8 Å². The van der Waals surface area contributed by atoms with Crippen molar-refractivity contribution >= 4 is 34.1 Å². The third-order valence-electron chi connectivity index (χ3n) is 3.51. The van der Waals surface area contributed by atoms with Crippen molar-refractivity contribution in [2.24, 2.45) is 0 Å². The highest BCUT2D eigenvalue weighted by Gasteiger charge is 2.12. The predicted molar refractivity (Wildman–Crippen MR) is 108 cm³/mol. The second kappa shape index (κ2) is 9.73. The quantitative estimate of drug-likeness (QED) is 0.445. The number of rotatable bonds is 8. The van der Waals surface area contributed by atoms with Gasteiger partial charge in [0.1, 0.15) is 0 Å². The normalized spacial score (nSPS) is 10.1. The maximum Gasteiger partial charge on any atom is 0.264 e. The molecule has 0 aliphatic heterocycles. The maximum atomic E-state index is 12.1. The van der Waals surface area contributed by atoms with E-state index in [0.29, 0.717) is 22.2 Å². The van der Waals surface area contributed by atoms with Gasteiger partial charge in [-0.2, -0.15) is 5.26 Å². The third-order valence-corrected chi connectivity index (χ3v) is 5.55. The van der Waals surface area contributed by atoms with Gasteiger partial charge < -0.3 is 9.47 Å². The lowest BCUT2D eigenvalue weighted by molar-refractivity contribution is -0.118. The summed E-state index contributed by atoms with van der Waals surface area (Å²) in [4.78, 5) is 12.1. The fourth-order valence-electron chi connectivity index (χ4n) is 2.19. The van der Waals surface area contributed by atoms with E-state index in [9.17, 15) is 4.79 Å². The second-order valence-electron chi connectivity index (χ2n) is 5.46. The molecule has 2 aromatic carbocycles. The topological polar surface area (TPSA) is 97.1 Å². The van der Waals surface area contributed by atoms with Gasteiger partial charge in [0.05, 0.1) is 18.7 Å². The van der Waals surface area contributed by atoms with Crippen LogP contribution in [0.15, 0.2) is 52.9 Å². The van der Waals surface area contributed by atoms with Crippen molar-refractivity contribution in [2.45, 2.75) is 10.1 Å². The number of hydrogen-bond acceptors (Lipinski definition) is 8. The second-order valence-corrected chi connectivity index (χ2v) is 7.66. The lowest BCUT2D eigenvalue weighted by Gasteiger charge is -2.10. The van der Waals surface area contributed by atoms with Crippen molar-refractivity contribution in [2.75, 3.05) is 19.0 Å². The first-order valence-corrected chi connectivity index (χ1v) is 9.99. The Morgan fingerprint density at radius 2 is 2.04 bits per heavy atom. The van der Waals surface area contributed by atoms with Crippen LogP contribution in [0.4, 0.5) is 5.13 Å². The number of anilines is 1. The summed E-state index contributed by atoms with van der Waals surface area (Å²) in [7, 11) is 1.47. The van der Waals surface area contributed by atoms with Crippen molar-refractivity contribution < 1.29 is 14.3 Å². The Morgan fingerprint density at radius 3 is 2.79 bits per heavy atom. The molecule has 3 aromatic rings. The minimum Gasteiger partial charge on any atom is -0.493 e. The van der Waals surface area contributed by atoms with Crippen LogP contribution < -0.4 is 14.8 Å². The molecule has 0 aliphatic rings. The van der Waals surface area contributed by atoms with Gasteiger partial charge in [-0.15, -0.1) is 10.2 Å². The molecule has 0 aliphatic carbocycles. The number of nitrogens with zero attached hydrogens (tertiary/aromatic N) is 3. The molecule has 0 fully saturated rings. The molecule has 1 amide bonds. The van der Waals surface area contributed by atoms with E-state index in [4.69, 9.17) is 14.7 Å². The summed E-state index contributed by atoms with van der Waals surface area (Å²) in [5.41, 5.74) is 1.64. The fraction of sp³-hybridized carbons (Fsp3) is 0.158. The summed E-state index contributed by atoms with van der Waals surface area (Å²) < 4.78 is 11.4.